The second kappa shape index (κ2) is 9.05. The fourth-order valence-corrected chi connectivity index (χ4v) is 3.71. The van der Waals surface area contributed by atoms with Crippen molar-refractivity contribution >= 4 is 33.2 Å². The molecule has 1 saturated heterocycles. The van der Waals surface area contributed by atoms with Gasteiger partial charge in [0.2, 0.25) is 0 Å². The van der Waals surface area contributed by atoms with Crippen molar-refractivity contribution in [1.29, 1.82) is 0 Å². The zero-order chi connectivity index (χ0) is 20.1. The van der Waals surface area contributed by atoms with E-state index in [1.807, 2.05) is 12.1 Å². The van der Waals surface area contributed by atoms with E-state index in [1.54, 1.807) is 13.0 Å². The van der Waals surface area contributed by atoms with Crippen LogP contribution >= 0.6 is 15.9 Å². The Kier molecular flexibility index (Phi) is 6.51. The molecule has 1 aliphatic rings. The number of hydrogen-bond donors (Lipinski definition) is 1. The van der Waals surface area contributed by atoms with Crippen LogP contribution in [0, 0.1) is 16.0 Å². The fraction of sp³-hybridized carbons (Fsp3) is 0.350. The summed E-state index contributed by atoms with van der Waals surface area (Å²) in [5.41, 5.74) is 1.22. The van der Waals surface area contributed by atoms with Crippen molar-refractivity contribution in [2.75, 3.05) is 31.1 Å². The van der Waals surface area contributed by atoms with Gasteiger partial charge in [0.15, 0.2) is 5.75 Å². The van der Waals surface area contributed by atoms with Crippen LogP contribution in [0.5, 0.6) is 5.75 Å². The molecule has 0 aromatic heterocycles. The van der Waals surface area contributed by atoms with Crippen molar-refractivity contribution in [1.82, 2.24) is 5.32 Å². The number of nitrogens with zero attached hydrogens (tertiary/aromatic N) is 2. The summed E-state index contributed by atoms with van der Waals surface area (Å²) in [5.74, 6) is 0.192. The molecule has 0 aliphatic carbocycles. The maximum atomic E-state index is 12.4. The van der Waals surface area contributed by atoms with Crippen LogP contribution in [-0.2, 0) is 0 Å². The van der Waals surface area contributed by atoms with Gasteiger partial charge < -0.3 is 15.0 Å². The Labute approximate surface area is 172 Å². The van der Waals surface area contributed by atoms with Gasteiger partial charge in [-0.2, -0.15) is 0 Å². The molecule has 0 radical (unpaired) electrons. The number of halogens is 1. The largest absolute Gasteiger partial charge is 0.487 e. The summed E-state index contributed by atoms with van der Waals surface area (Å²) < 4.78 is 6.29. The van der Waals surface area contributed by atoms with Crippen molar-refractivity contribution in [2.45, 2.75) is 13.3 Å². The molecule has 0 saturated carbocycles. The Balaban J connectivity index is 1.59. The monoisotopic (exact) mass is 447 g/mol. The molecule has 0 spiro atoms. The van der Waals surface area contributed by atoms with Crippen LogP contribution in [0.4, 0.5) is 11.4 Å². The van der Waals surface area contributed by atoms with Crippen molar-refractivity contribution in [2.24, 2.45) is 5.92 Å². The first kappa shape index (κ1) is 20.1. The third kappa shape index (κ3) is 4.81. The van der Waals surface area contributed by atoms with E-state index in [1.165, 1.54) is 12.1 Å². The molecule has 148 valence electrons. The van der Waals surface area contributed by atoms with Crippen LogP contribution in [0.1, 0.15) is 23.7 Å². The molecule has 1 unspecified atom stereocenters. The van der Waals surface area contributed by atoms with E-state index in [2.05, 4.69) is 38.3 Å². The predicted molar refractivity (Wildman–Crippen MR) is 111 cm³/mol. The quantitative estimate of drug-likeness (QED) is 0.511. The number of amides is 1. The molecule has 1 heterocycles. The first-order valence-electron chi connectivity index (χ1n) is 9.18. The van der Waals surface area contributed by atoms with Crippen molar-refractivity contribution in [3.8, 4) is 5.75 Å². The Bertz CT molecular complexity index is 874. The van der Waals surface area contributed by atoms with Crippen molar-refractivity contribution in [3.63, 3.8) is 0 Å². The zero-order valence-corrected chi connectivity index (χ0v) is 17.1. The summed E-state index contributed by atoms with van der Waals surface area (Å²) in [7, 11) is 0. The molecule has 7 nitrogen and oxygen atoms in total. The van der Waals surface area contributed by atoms with Gasteiger partial charge in [0, 0.05) is 41.4 Å². The number of nitro groups is 1. The number of rotatable bonds is 7. The SMILES string of the molecule is CCOc1ccc(C(=O)NCC2CCN(c3cccc(Br)c3)C2)cc1[N+](=O)[O-]. The van der Waals surface area contributed by atoms with E-state index in [0.29, 0.717) is 19.1 Å². The first-order valence-corrected chi connectivity index (χ1v) is 9.97. The minimum atomic E-state index is -0.533. The average molecular weight is 448 g/mol. The molecule has 28 heavy (non-hydrogen) atoms. The van der Waals surface area contributed by atoms with Crippen molar-refractivity contribution in [3.05, 3.63) is 62.6 Å². The van der Waals surface area contributed by atoms with Gasteiger partial charge in [0.05, 0.1) is 11.5 Å². The summed E-state index contributed by atoms with van der Waals surface area (Å²) in [5, 5.41) is 14.1. The highest BCUT2D eigenvalue weighted by Crippen LogP contribution is 2.28. The number of carbonyl (C=O) groups is 1. The molecule has 2 aromatic rings. The number of anilines is 1. The van der Waals surface area contributed by atoms with Gasteiger partial charge in [0.25, 0.3) is 5.91 Å². The van der Waals surface area contributed by atoms with Crippen LogP contribution in [-0.4, -0.2) is 37.1 Å². The van der Waals surface area contributed by atoms with E-state index in [-0.39, 0.29) is 22.9 Å². The molecular formula is C20H22BrN3O4. The molecular weight excluding hydrogens is 426 g/mol. The minimum Gasteiger partial charge on any atom is -0.487 e. The third-order valence-corrected chi connectivity index (χ3v) is 5.22. The topological polar surface area (TPSA) is 84.7 Å². The summed E-state index contributed by atoms with van der Waals surface area (Å²) >= 11 is 3.49. The zero-order valence-electron chi connectivity index (χ0n) is 15.6. The van der Waals surface area contributed by atoms with Gasteiger partial charge >= 0.3 is 5.69 Å². The van der Waals surface area contributed by atoms with Crippen LogP contribution < -0.4 is 15.0 Å². The molecule has 3 rings (SSSR count). The van der Waals surface area contributed by atoms with Gasteiger partial charge in [-0.3, -0.25) is 14.9 Å². The van der Waals surface area contributed by atoms with Crippen LogP contribution in [0.3, 0.4) is 0 Å². The highest BCUT2D eigenvalue weighted by molar-refractivity contribution is 9.10. The fourth-order valence-electron chi connectivity index (χ4n) is 3.32. The summed E-state index contributed by atoms with van der Waals surface area (Å²) in [6.07, 6.45) is 0.982. The summed E-state index contributed by atoms with van der Waals surface area (Å²) in [4.78, 5) is 25.4. The highest BCUT2D eigenvalue weighted by Gasteiger charge is 2.24. The maximum absolute atomic E-state index is 12.4. The Morgan fingerprint density at radius 2 is 2.18 bits per heavy atom. The van der Waals surface area contributed by atoms with E-state index >= 15 is 0 Å². The maximum Gasteiger partial charge on any atom is 0.311 e. The predicted octanol–water partition coefficient (Wildman–Crippen LogP) is 4.01. The lowest BCUT2D eigenvalue weighted by Crippen LogP contribution is -2.31. The second-order valence-electron chi connectivity index (χ2n) is 6.66. The van der Waals surface area contributed by atoms with E-state index < -0.39 is 4.92 Å². The summed E-state index contributed by atoms with van der Waals surface area (Å²) in [6.45, 7) is 4.40. The standard InChI is InChI=1S/C20H22BrN3O4/c1-2-28-19-7-6-15(10-18(19)24(26)27)20(25)22-12-14-8-9-23(13-14)17-5-3-4-16(21)11-17/h3-7,10-11,14H,2,8-9,12-13H2,1H3,(H,22,25). The Hall–Kier alpha value is -2.61. The lowest BCUT2D eigenvalue weighted by molar-refractivity contribution is -0.385. The molecule has 1 fully saturated rings. The van der Waals surface area contributed by atoms with E-state index in [9.17, 15) is 14.9 Å². The van der Waals surface area contributed by atoms with Gasteiger partial charge in [0.1, 0.15) is 0 Å². The van der Waals surface area contributed by atoms with Crippen LogP contribution in [0.25, 0.3) is 0 Å². The molecule has 1 N–H and O–H groups in total. The van der Waals surface area contributed by atoms with Gasteiger partial charge in [-0.15, -0.1) is 0 Å². The molecule has 8 heteroatoms. The van der Waals surface area contributed by atoms with E-state index in [4.69, 9.17) is 4.74 Å². The number of nitrogens with one attached hydrogen (secondary N) is 1. The second-order valence-corrected chi connectivity index (χ2v) is 7.58. The molecule has 0 bridgehead atoms. The lowest BCUT2D eigenvalue weighted by Gasteiger charge is -2.19. The number of carbonyl (C=O) groups excluding carboxylic acids is 1. The highest BCUT2D eigenvalue weighted by atomic mass is 79.9. The van der Waals surface area contributed by atoms with Crippen LogP contribution in [0.2, 0.25) is 0 Å². The number of benzene rings is 2. The Morgan fingerprint density at radius 3 is 2.89 bits per heavy atom. The normalized spacial score (nSPS) is 16.1. The number of ether oxygens (including phenoxy) is 1. The average Bonchev–Trinajstić information content (AvgIpc) is 3.15. The van der Waals surface area contributed by atoms with Gasteiger partial charge in [-0.1, -0.05) is 22.0 Å². The summed E-state index contributed by atoms with van der Waals surface area (Å²) in [6, 6.07) is 12.4. The third-order valence-electron chi connectivity index (χ3n) is 4.73. The molecule has 1 aliphatic heterocycles. The molecule has 2 aromatic carbocycles. The molecule has 1 atom stereocenters. The smallest absolute Gasteiger partial charge is 0.311 e. The Morgan fingerprint density at radius 1 is 1.36 bits per heavy atom. The van der Waals surface area contributed by atoms with E-state index in [0.717, 1.165) is 29.7 Å². The number of hydrogen-bond acceptors (Lipinski definition) is 5. The van der Waals surface area contributed by atoms with Crippen molar-refractivity contribution < 1.29 is 14.5 Å². The van der Waals surface area contributed by atoms with Crippen LogP contribution in [0.15, 0.2) is 46.9 Å². The minimum absolute atomic E-state index is 0.171. The molecule has 1 amide bonds. The number of nitro benzene ring substituents is 1. The van der Waals surface area contributed by atoms with Gasteiger partial charge in [-0.25, -0.2) is 0 Å². The lowest BCUT2D eigenvalue weighted by atomic mass is 10.1. The first-order chi connectivity index (χ1) is 13.5. The van der Waals surface area contributed by atoms with Gasteiger partial charge in [-0.05, 0) is 49.6 Å².